The number of carbonyl (C=O) groups excluding carboxylic acids is 2. The van der Waals surface area contributed by atoms with Crippen molar-refractivity contribution in [2.45, 2.75) is 36.0 Å². The van der Waals surface area contributed by atoms with Gasteiger partial charge in [0.15, 0.2) is 0 Å². The summed E-state index contributed by atoms with van der Waals surface area (Å²) >= 11 is 1.23. The highest BCUT2D eigenvalue weighted by atomic mass is 32.2. The molecule has 0 saturated carbocycles. The lowest BCUT2D eigenvalue weighted by Gasteiger charge is -2.15. The Bertz CT molecular complexity index is 1180. The highest BCUT2D eigenvalue weighted by molar-refractivity contribution is 8.00. The first kappa shape index (κ1) is 17.0. The molecule has 0 radical (unpaired) electrons. The minimum absolute atomic E-state index is 0.107. The van der Waals surface area contributed by atoms with Crippen molar-refractivity contribution in [1.29, 1.82) is 5.26 Å². The summed E-state index contributed by atoms with van der Waals surface area (Å²) in [6.07, 6.45) is 4.81. The molecule has 1 aromatic carbocycles. The molecule has 1 N–H and O–H groups in total. The summed E-state index contributed by atoms with van der Waals surface area (Å²) in [6, 6.07) is 11.5. The van der Waals surface area contributed by atoms with Gasteiger partial charge in [-0.2, -0.15) is 5.26 Å². The first-order chi connectivity index (χ1) is 13.6. The van der Waals surface area contributed by atoms with E-state index in [0.717, 1.165) is 41.4 Å². The van der Waals surface area contributed by atoms with Gasteiger partial charge in [0, 0.05) is 23.8 Å². The maximum atomic E-state index is 13.0. The van der Waals surface area contributed by atoms with E-state index in [2.05, 4.69) is 16.0 Å². The second kappa shape index (κ2) is 6.50. The Hall–Kier alpha value is -3.11. The molecule has 0 spiro atoms. The molecule has 0 bridgehead atoms. The van der Waals surface area contributed by atoms with Crippen molar-refractivity contribution in [3.05, 3.63) is 53.3 Å². The summed E-state index contributed by atoms with van der Waals surface area (Å²) in [4.78, 5) is 34.6. The summed E-state index contributed by atoms with van der Waals surface area (Å²) < 4.78 is 0. The number of amides is 2. The molecule has 1 atom stereocenters. The maximum Gasteiger partial charge on any atom is 0.247 e. The summed E-state index contributed by atoms with van der Waals surface area (Å²) in [5.41, 5.74) is 4.05. The van der Waals surface area contributed by atoms with Crippen molar-refractivity contribution in [2.24, 2.45) is 0 Å². The molecule has 28 heavy (non-hydrogen) atoms. The first-order valence-corrected chi connectivity index (χ1v) is 10.1. The number of benzene rings is 1. The fourth-order valence-electron chi connectivity index (χ4n) is 3.90. The van der Waals surface area contributed by atoms with Crippen molar-refractivity contribution in [1.82, 2.24) is 9.97 Å². The maximum absolute atomic E-state index is 13.0. The van der Waals surface area contributed by atoms with Crippen molar-refractivity contribution in [2.75, 3.05) is 4.90 Å². The van der Waals surface area contributed by atoms with Gasteiger partial charge in [-0.1, -0.05) is 17.8 Å². The van der Waals surface area contributed by atoms with Gasteiger partial charge in [0.2, 0.25) is 11.8 Å². The van der Waals surface area contributed by atoms with Crippen molar-refractivity contribution in [3.63, 3.8) is 0 Å². The van der Waals surface area contributed by atoms with Gasteiger partial charge in [-0.25, -0.2) is 9.88 Å². The lowest BCUT2D eigenvalue weighted by molar-refractivity contribution is -0.121. The number of aromatic nitrogens is 2. The first-order valence-electron chi connectivity index (χ1n) is 9.17. The van der Waals surface area contributed by atoms with Crippen LogP contribution in [0.2, 0.25) is 0 Å². The Morgan fingerprint density at radius 1 is 1.21 bits per heavy atom. The predicted molar refractivity (Wildman–Crippen MR) is 106 cm³/mol. The Morgan fingerprint density at radius 3 is 2.96 bits per heavy atom. The van der Waals surface area contributed by atoms with Crippen molar-refractivity contribution in [3.8, 4) is 6.07 Å². The number of H-pyrrole nitrogens is 1. The molecular weight excluding hydrogens is 372 g/mol. The van der Waals surface area contributed by atoms with E-state index < -0.39 is 5.25 Å². The van der Waals surface area contributed by atoms with Gasteiger partial charge in [0.25, 0.3) is 0 Å². The number of nitriles is 1. The molecular formula is C21H16N4O2S. The number of hydrogen-bond acceptors (Lipinski definition) is 5. The number of rotatable bonds is 3. The molecule has 2 aromatic heterocycles. The van der Waals surface area contributed by atoms with E-state index in [9.17, 15) is 14.9 Å². The lowest BCUT2D eigenvalue weighted by atomic mass is 10.2. The fraction of sp³-hybridized carbons (Fsp3) is 0.238. The van der Waals surface area contributed by atoms with E-state index in [1.807, 2.05) is 30.5 Å². The van der Waals surface area contributed by atoms with E-state index >= 15 is 0 Å². The van der Waals surface area contributed by atoms with Crippen LogP contribution in [0.25, 0.3) is 10.9 Å². The summed E-state index contributed by atoms with van der Waals surface area (Å²) in [6.45, 7) is 0. The molecule has 2 amide bonds. The lowest BCUT2D eigenvalue weighted by Crippen LogP contribution is -2.31. The van der Waals surface area contributed by atoms with E-state index in [1.54, 1.807) is 6.07 Å². The van der Waals surface area contributed by atoms with Gasteiger partial charge >= 0.3 is 0 Å². The molecule has 6 nitrogen and oxygen atoms in total. The second-order valence-electron chi connectivity index (χ2n) is 7.04. The Morgan fingerprint density at radius 2 is 2.11 bits per heavy atom. The van der Waals surface area contributed by atoms with Crippen LogP contribution >= 0.6 is 11.8 Å². The highest BCUT2D eigenvalue weighted by Crippen LogP contribution is 2.36. The van der Waals surface area contributed by atoms with Crippen LogP contribution < -0.4 is 4.90 Å². The molecule has 1 unspecified atom stereocenters. The van der Waals surface area contributed by atoms with Gasteiger partial charge in [0.1, 0.15) is 11.1 Å². The zero-order valence-electron chi connectivity index (χ0n) is 14.9. The molecule has 1 aliphatic carbocycles. The van der Waals surface area contributed by atoms with Gasteiger partial charge in [-0.3, -0.25) is 9.59 Å². The van der Waals surface area contributed by atoms with Crippen LogP contribution in [0.1, 0.15) is 29.7 Å². The monoisotopic (exact) mass is 388 g/mol. The van der Waals surface area contributed by atoms with E-state index in [1.165, 1.54) is 16.7 Å². The average molecular weight is 388 g/mol. The third-order valence-electron chi connectivity index (χ3n) is 5.29. The van der Waals surface area contributed by atoms with Crippen LogP contribution in [-0.4, -0.2) is 27.0 Å². The van der Waals surface area contributed by atoms with Gasteiger partial charge in [-0.15, -0.1) is 0 Å². The number of nitrogens with zero attached hydrogens (tertiary/aromatic N) is 3. The summed E-state index contributed by atoms with van der Waals surface area (Å²) in [7, 11) is 0. The Kier molecular flexibility index (Phi) is 3.95. The quantitative estimate of drug-likeness (QED) is 0.695. The van der Waals surface area contributed by atoms with Gasteiger partial charge < -0.3 is 4.98 Å². The standard InChI is InChI=1S/C21H16N4O2S/c22-11-14-8-13-2-1-3-16(13)24-20(14)28-18-10-19(26)25(21(18)27)15-5-4-12-6-7-23-17(12)9-15/h4-9,18,23H,1-3,10H2. The van der Waals surface area contributed by atoms with Crippen LogP contribution in [0.3, 0.4) is 0 Å². The number of aromatic amines is 1. The number of imide groups is 1. The number of carbonyl (C=O) groups is 2. The van der Waals surface area contributed by atoms with Gasteiger partial charge in [0.05, 0.1) is 16.5 Å². The van der Waals surface area contributed by atoms with E-state index in [-0.39, 0.29) is 18.2 Å². The zero-order chi connectivity index (χ0) is 19.3. The van der Waals surface area contributed by atoms with Crippen molar-refractivity contribution >= 4 is 40.2 Å². The molecule has 3 heterocycles. The average Bonchev–Trinajstić information content (AvgIpc) is 3.40. The smallest absolute Gasteiger partial charge is 0.247 e. The molecule has 1 aliphatic heterocycles. The van der Waals surface area contributed by atoms with Crippen molar-refractivity contribution < 1.29 is 9.59 Å². The number of pyridine rings is 1. The molecule has 7 heteroatoms. The molecule has 2 aliphatic rings. The molecule has 138 valence electrons. The molecule has 1 saturated heterocycles. The molecule has 3 aromatic rings. The summed E-state index contributed by atoms with van der Waals surface area (Å²) in [5.74, 6) is -0.486. The number of anilines is 1. The third-order valence-corrected chi connectivity index (χ3v) is 6.48. The predicted octanol–water partition coefficient (Wildman–Crippen LogP) is 3.35. The number of thioether (sulfide) groups is 1. The minimum Gasteiger partial charge on any atom is -0.361 e. The Balaban J connectivity index is 1.44. The van der Waals surface area contributed by atoms with Crippen LogP contribution in [-0.2, 0) is 22.4 Å². The minimum atomic E-state index is -0.564. The van der Waals surface area contributed by atoms with Gasteiger partial charge in [-0.05, 0) is 54.5 Å². The summed E-state index contributed by atoms with van der Waals surface area (Å²) in [5, 5.41) is 10.5. The zero-order valence-corrected chi connectivity index (χ0v) is 15.8. The Labute approximate surface area is 165 Å². The van der Waals surface area contributed by atoms with E-state index in [4.69, 9.17) is 0 Å². The second-order valence-corrected chi connectivity index (χ2v) is 8.23. The molecule has 5 rings (SSSR count). The molecule has 1 fully saturated rings. The third kappa shape index (κ3) is 2.69. The van der Waals surface area contributed by atoms with Crippen LogP contribution in [0.4, 0.5) is 5.69 Å². The number of fused-ring (bicyclic) bond motifs is 2. The largest absolute Gasteiger partial charge is 0.361 e. The highest BCUT2D eigenvalue weighted by Gasteiger charge is 2.41. The van der Waals surface area contributed by atoms with Crippen LogP contribution in [0.15, 0.2) is 41.6 Å². The SMILES string of the molecule is N#Cc1cc2c(nc1SC1CC(=O)N(c3ccc4cc[nH]c4c3)C1=O)CCC2. The van der Waals surface area contributed by atoms with Crippen LogP contribution in [0.5, 0.6) is 0 Å². The fourth-order valence-corrected chi connectivity index (χ4v) is 5.00. The normalized spacial score (nSPS) is 18.7. The number of hydrogen-bond donors (Lipinski definition) is 1. The van der Waals surface area contributed by atoms with E-state index in [0.29, 0.717) is 16.3 Å². The van der Waals surface area contributed by atoms with Crippen LogP contribution in [0, 0.1) is 11.3 Å². The number of nitrogens with one attached hydrogen (secondary N) is 1. The topological polar surface area (TPSA) is 89.8 Å². The number of aryl methyl sites for hydroxylation is 2.